The Kier molecular flexibility index (Phi) is 5.59. The molecule has 1 aliphatic rings. The molecule has 4 unspecified atom stereocenters. The quantitative estimate of drug-likeness (QED) is 0.710. The molecule has 0 saturated heterocycles. The molecule has 0 aromatic carbocycles. The van der Waals surface area contributed by atoms with Crippen molar-refractivity contribution in [3.63, 3.8) is 0 Å². The van der Waals surface area contributed by atoms with Crippen molar-refractivity contribution < 1.29 is 14.3 Å². The number of nitrogens with one attached hydrogen (secondary N) is 2. The average Bonchev–Trinajstić information content (AvgIpc) is 2.64. The lowest BCUT2D eigenvalue weighted by Crippen LogP contribution is -2.49. The van der Waals surface area contributed by atoms with Gasteiger partial charge >= 0.3 is 5.97 Å². The monoisotopic (exact) mass is 256 g/mol. The largest absolute Gasteiger partial charge is 0.467 e. The van der Waals surface area contributed by atoms with E-state index in [1.54, 1.807) is 0 Å². The fourth-order valence-corrected chi connectivity index (χ4v) is 2.50. The number of rotatable bonds is 5. The van der Waals surface area contributed by atoms with Gasteiger partial charge in [0, 0.05) is 19.5 Å². The first-order chi connectivity index (χ1) is 8.45. The summed E-state index contributed by atoms with van der Waals surface area (Å²) in [5.74, 6) is 0.678. The molecule has 104 valence electrons. The molecule has 1 rings (SSSR count). The summed E-state index contributed by atoms with van der Waals surface area (Å²) in [5.41, 5.74) is 0. The molecule has 0 aromatic heterocycles. The van der Waals surface area contributed by atoms with Gasteiger partial charge in [-0.1, -0.05) is 13.8 Å². The summed E-state index contributed by atoms with van der Waals surface area (Å²) < 4.78 is 4.68. The minimum absolute atomic E-state index is 0.222. The second kappa shape index (κ2) is 6.73. The lowest BCUT2D eigenvalue weighted by molar-refractivity contribution is -0.144. The molecule has 4 atom stereocenters. The Balaban J connectivity index is 2.46. The molecule has 2 N–H and O–H groups in total. The van der Waals surface area contributed by atoms with Gasteiger partial charge in [-0.2, -0.15) is 0 Å². The zero-order chi connectivity index (χ0) is 13.7. The summed E-state index contributed by atoms with van der Waals surface area (Å²) in [6.45, 7) is 6.29. The van der Waals surface area contributed by atoms with Gasteiger partial charge in [-0.05, 0) is 24.7 Å². The highest BCUT2D eigenvalue weighted by molar-refractivity contribution is 5.83. The Hall–Kier alpha value is -1.10. The van der Waals surface area contributed by atoms with Crippen molar-refractivity contribution in [1.29, 1.82) is 0 Å². The molecule has 1 aliphatic carbocycles. The van der Waals surface area contributed by atoms with Crippen LogP contribution in [-0.4, -0.2) is 37.6 Å². The molecule has 18 heavy (non-hydrogen) atoms. The van der Waals surface area contributed by atoms with E-state index < -0.39 is 12.0 Å². The third kappa shape index (κ3) is 3.98. The second-order valence-electron chi connectivity index (χ2n) is 5.20. The molecule has 1 fully saturated rings. The molecule has 5 nitrogen and oxygen atoms in total. The molecule has 1 amide bonds. The van der Waals surface area contributed by atoms with E-state index >= 15 is 0 Å². The first-order valence-corrected chi connectivity index (χ1v) is 6.54. The van der Waals surface area contributed by atoms with Crippen molar-refractivity contribution in [2.24, 2.45) is 11.8 Å². The van der Waals surface area contributed by atoms with E-state index in [0.717, 1.165) is 6.42 Å². The Morgan fingerprint density at radius 2 is 2.00 bits per heavy atom. The average molecular weight is 256 g/mol. The highest BCUT2D eigenvalue weighted by Gasteiger charge is 2.30. The van der Waals surface area contributed by atoms with Crippen LogP contribution in [0.15, 0.2) is 0 Å². The molecular weight excluding hydrogens is 232 g/mol. The highest BCUT2D eigenvalue weighted by atomic mass is 16.5. The zero-order valence-corrected chi connectivity index (χ0v) is 11.7. The van der Waals surface area contributed by atoms with Crippen LogP contribution in [0.3, 0.4) is 0 Å². The summed E-state index contributed by atoms with van der Waals surface area (Å²) in [7, 11) is 1.33. The normalized spacial score (nSPS) is 28.8. The Morgan fingerprint density at radius 1 is 1.33 bits per heavy atom. The van der Waals surface area contributed by atoms with Crippen LogP contribution in [0.1, 0.15) is 33.6 Å². The molecule has 0 radical (unpaired) electrons. The van der Waals surface area contributed by atoms with Crippen molar-refractivity contribution in [3.05, 3.63) is 0 Å². The number of ether oxygens (including phenoxy) is 1. The number of hydrogen-bond donors (Lipinski definition) is 2. The lowest BCUT2D eigenvalue weighted by Gasteiger charge is -2.23. The van der Waals surface area contributed by atoms with E-state index in [4.69, 9.17) is 0 Å². The molecule has 0 bridgehead atoms. The van der Waals surface area contributed by atoms with Crippen LogP contribution in [0.5, 0.6) is 0 Å². The molecular formula is C13H24N2O3. The third-order valence-electron chi connectivity index (χ3n) is 3.91. The van der Waals surface area contributed by atoms with Gasteiger partial charge in [-0.15, -0.1) is 0 Å². The van der Waals surface area contributed by atoms with Crippen LogP contribution in [0.2, 0.25) is 0 Å². The van der Waals surface area contributed by atoms with Gasteiger partial charge in [0.1, 0.15) is 6.04 Å². The van der Waals surface area contributed by atoms with Crippen LogP contribution in [0.4, 0.5) is 0 Å². The van der Waals surface area contributed by atoms with Crippen molar-refractivity contribution in [2.45, 2.75) is 45.7 Å². The summed E-state index contributed by atoms with van der Waals surface area (Å²) in [6.07, 6.45) is 2.33. The number of hydrogen-bond acceptors (Lipinski definition) is 4. The fourth-order valence-electron chi connectivity index (χ4n) is 2.50. The van der Waals surface area contributed by atoms with E-state index in [1.165, 1.54) is 20.5 Å². The third-order valence-corrected chi connectivity index (χ3v) is 3.91. The van der Waals surface area contributed by atoms with Gasteiger partial charge in [-0.3, -0.25) is 4.79 Å². The fraction of sp³-hybridized carbons (Fsp3) is 0.846. The number of amides is 1. The SMILES string of the molecule is COC(=O)C(CNC1CCC(C)C1C)NC(C)=O. The Labute approximate surface area is 109 Å². The summed E-state index contributed by atoms with van der Waals surface area (Å²) in [5, 5.41) is 5.97. The number of carbonyl (C=O) groups is 2. The van der Waals surface area contributed by atoms with Crippen molar-refractivity contribution in [3.8, 4) is 0 Å². The number of carbonyl (C=O) groups excluding carboxylic acids is 2. The van der Waals surface area contributed by atoms with Crippen LogP contribution in [-0.2, 0) is 14.3 Å². The van der Waals surface area contributed by atoms with E-state index in [2.05, 4.69) is 29.2 Å². The van der Waals surface area contributed by atoms with Crippen LogP contribution >= 0.6 is 0 Å². The predicted octanol–water partition coefficient (Wildman–Crippen LogP) is 0.688. The number of methoxy groups -OCH3 is 1. The molecule has 0 aromatic rings. The van der Waals surface area contributed by atoms with E-state index in [9.17, 15) is 9.59 Å². The summed E-state index contributed by atoms with van der Waals surface area (Å²) in [4.78, 5) is 22.6. The van der Waals surface area contributed by atoms with E-state index in [-0.39, 0.29) is 5.91 Å². The lowest BCUT2D eigenvalue weighted by atomic mass is 9.98. The Bertz CT molecular complexity index is 307. The molecule has 5 heteroatoms. The van der Waals surface area contributed by atoms with E-state index in [0.29, 0.717) is 24.4 Å². The number of esters is 1. The van der Waals surface area contributed by atoms with Gasteiger partial charge < -0.3 is 15.4 Å². The van der Waals surface area contributed by atoms with Crippen molar-refractivity contribution in [2.75, 3.05) is 13.7 Å². The maximum Gasteiger partial charge on any atom is 0.329 e. The van der Waals surface area contributed by atoms with Crippen molar-refractivity contribution >= 4 is 11.9 Å². The Morgan fingerprint density at radius 3 is 2.44 bits per heavy atom. The minimum Gasteiger partial charge on any atom is -0.467 e. The highest BCUT2D eigenvalue weighted by Crippen LogP contribution is 2.30. The maximum atomic E-state index is 11.5. The van der Waals surface area contributed by atoms with Gasteiger partial charge in [0.2, 0.25) is 5.91 Å². The van der Waals surface area contributed by atoms with Gasteiger partial charge in [0.25, 0.3) is 0 Å². The maximum absolute atomic E-state index is 11.5. The topological polar surface area (TPSA) is 67.4 Å². The van der Waals surface area contributed by atoms with Crippen LogP contribution in [0.25, 0.3) is 0 Å². The summed E-state index contributed by atoms with van der Waals surface area (Å²) in [6, 6.07) is -0.184. The molecule has 0 heterocycles. The zero-order valence-electron chi connectivity index (χ0n) is 11.7. The van der Waals surface area contributed by atoms with E-state index in [1.807, 2.05) is 0 Å². The van der Waals surface area contributed by atoms with Crippen molar-refractivity contribution in [1.82, 2.24) is 10.6 Å². The van der Waals surface area contributed by atoms with Crippen LogP contribution < -0.4 is 10.6 Å². The van der Waals surface area contributed by atoms with Gasteiger partial charge in [-0.25, -0.2) is 4.79 Å². The molecule has 0 aliphatic heterocycles. The van der Waals surface area contributed by atoms with Gasteiger partial charge in [0.05, 0.1) is 7.11 Å². The minimum atomic E-state index is -0.601. The standard InChI is InChI=1S/C13H24N2O3/c1-8-5-6-11(9(8)2)14-7-12(13(17)18-4)15-10(3)16/h8-9,11-12,14H,5-7H2,1-4H3,(H,15,16). The first-order valence-electron chi connectivity index (χ1n) is 6.54. The first kappa shape index (κ1) is 15.0. The van der Waals surface area contributed by atoms with Crippen LogP contribution in [0, 0.1) is 11.8 Å². The second-order valence-corrected chi connectivity index (χ2v) is 5.20. The molecule has 1 saturated carbocycles. The summed E-state index contributed by atoms with van der Waals surface area (Å²) >= 11 is 0. The molecule has 0 spiro atoms. The predicted molar refractivity (Wildman–Crippen MR) is 69.0 cm³/mol. The smallest absolute Gasteiger partial charge is 0.329 e. The van der Waals surface area contributed by atoms with Gasteiger partial charge in [0.15, 0.2) is 0 Å².